The molecular weight excluding hydrogens is 942 g/mol. The third-order valence-electron chi connectivity index (χ3n) is 11.4. The lowest BCUT2D eigenvalue weighted by atomic mass is 10.1. The molecule has 0 aromatic heterocycles. The van der Waals surface area contributed by atoms with E-state index in [1.807, 2.05) is 21.1 Å². The predicted octanol–water partition coefficient (Wildman–Crippen LogP) is 17.9. The third kappa shape index (κ3) is 57.2. The number of nitrogens with zero attached hydrogens (tertiary/aromatic N) is 1. The highest BCUT2D eigenvalue weighted by Gasteiger charge is 2.27. The molecule has 0 aromatic rings. The van der Waals surface area contributed by atoms with E-state index in [2.05, 4.69) is 160 Å². The molecule has 0 aliphatic carbocycles. The van der Waals surface area contributed by atoms with E-state index in [9.17, 15) is 19.0 Å². The van der Waals surface area contributed by atoms with Crippen LogP contribution < -0.4 is 0 Å². The molecule has 2 atom stereocenters. The molecular formula is C64H105NO8P+. The molecule has 0 rings (SSSR count). The lowest BCUT2D eigenvalue weighted by Crippen LogP contribution is -2.37. The normalized spacial score (nSPS) is 14.4. The molecule has 0 fully saturated rings. The van der Waals surface area contributed by atoms with Crippen molar-refractivity contribution in [3.63, 3.8) is 0 Å². The highest BCUT2D eigenvalue weighted by Crippen LogP contribution is 2.43. The van der Waals surface area contributed by atoms with E-state index in [1.165, 1.54) is 25.7 Å². The number of carbonyl (C=O) groups is 2. The van der Waals surface area contributed by atoms with Gasteiger partial charge in [0.25, 0.3) is 0 Å². The van der Waals surface area contributed by atoms with Gasteiger partial charge in [-0.2, -0.15) is 0 Å². The number of allylic oxidation sites excluding steroid dienone is 24. The Kier molecular flexibility index (Phi) is 50.7. The van der Waals surface area contributed by atoms with Crippen molar-refractivity contribution in [3.8, 4) is 0 Å². The van der Waals surface area contributed by atoms with Crippen LogP contribution in [0.5, 0.6) is 0 Å². The molecule has 10 heteroatoms. The summed E-state index contributed by atoms with van der Waals surface area (Å²) >= 11 is 0. The molecule has 0 aliphatic rings. The molecule has 0 saturated carbocycles. The van der Waals surface area contributed by atoms with Crippen LogP contribution >= 0.6 is 7.82 Å². The van der Waals surface area contributed by atoms with Crippen molar-refractivity contribution in [1.82, 2.24) is 0 Å². The van der Waals surface area contributed by atoms with Crippen LogP contribution in [-0.4, -0.2) is 74.9 Å². The highest BCUT2D eigenvalue weighted by molar-refractivity contribution is 7.47. The van der Waals surface area contributed by atoms with E-state index in [0.29, 0.717) is 23.9 Å². The number of likely N-dealkylation sites (N-methyl/N-ethyl adjacent to an activating group) is 1. The van der Waals surface area contributed by atoms with Gasteiger partial charge in [0.05, 0.1) is 27.7 Å². The Morgan fingerprint density at radius 3 is 1.08 bits per heavy atom. The number of phosphoric acid groups is 1. The Balaban J connectivity index is 4.24. The predicted molar refractivity (Wildman–Crippen MR) is 316 cm³/mol. The maximum Gasteiger partial charge on any atom is 0.472 e. The Morgan fingerprint density at radius 2 is 0.730 bits per heavy atom. The molecule has 74 heavy (non-hydrogen) atoms. The summed E-state index contributed by atoms with van der Waals surface area (Å²) in [7, 11) is 1.43. The summed E-state index contributed by atoms with van der Waals surface area (Å²) in [6.45, 7) is 4.14. The molecule has 0 spiro atoms. The first kappa shape index (κ1) is 69.9. The van der Waals surface area contributed by atoms with Gasteiger partial charge in [-0.05, 0) is 116 Å². The van der Waals surface area contributed by atoms with Gasteiger partial charge < -0.3 is 18.9 Å². The number of hydrogen-bond donors (Lipinski definition) is 1. The topological polar surface area (TPSA) is 108 Å². The number of rotatable bonds is 50. The largest absolute Gasteiger partial charge is 0.472 e. The van der Waals surface area contributed by atoms with Crippen molar-refractivity contribution >= 4 is 19.8 Å². The van der Waals surface area contributed by atoms with Crippen molar-refractivity contribution in [1.29, 1.82) is 0 Å². The van der Waals surface area contributed by atoms with E-state index in [1.54, 1.807) is 0 Å². The average Bonchev–Trinajstić information content (AvgIpc) is 3.36. The Bertz CT molecular complexity index is 1760. The van der Waals surface area contributed by atoms with Gasteiger partial charge in [0, 0.05) is 12.8 Å². The summed E-state index contributed by atoms with van der Waals surface area (Å²) in [6.07, 6.45) is 79.1. The quantitative estimate of drug-likeness (QED) is 0.0211. The molecule has 2 unspecified atom stereocenters. The van der Waals surface area contributed by atoms with Crippen LogP contribution in [0.15, 0.2) is 146 Å². The first-order chi connectivity index (χ1) is 36.0. The zero-order valence-electron chi connectivity index (χ0n) is 47.3. The van der Waals surface area contributed by atoms with Gasteiger partial charge in [-0.1, -0.05) is 211 Å². The zero-order chi connectivity index (χ0) is 54.2. The molecule has 0 bridgehead atoms. The summed E-state index contributed by atoms with van der Waals surface area (Å²) in [4.78, 5) is 35.6. The number of phosphoric ester groups is 1. The number of hydrogen-bond acceptors (Lipinski definition) is 7. The number of ether oxygens (including phenoxy) is 2. The van der Waals surface area contributed by atoms with E-state index in [0.717, 1.165) is 128 Å². The molecule has 1 N–H and O–H groups in total. The second kappa shape index (κ2) is 53.7. The Hall–Kier alpha value is -4.11. The fourth-order valence-electron chi connectivity index (χ4n) is 7.02. The lowest BCUT2D eigenvalue weighted by Gasteiger charge is -2.24. The maximum absolute atomic E-state index is 12.8. The Morgan fingerprint density at radius 1 is 0.419 bits per heavy atom. The van der Waals surface area contributed by atoms with E-state index < -0.39 is 32.5 Å². The standard InChI is InChI=1S/C64H104NO8P/c1-6-8-10-12-14-16-18-20-22-24-25-26-27-28-29-30-31-32-33-34-35-36-37-38-39-41-43-45-47-49-51-53-55-57-64(67)73-62(61-72-74(68,69)71-59-58-65(3,4)5)60-70-63(66)56-54-52-50-48-46-44-42-40-23-21-19-17-15-13-11-9-7-2/h8-11,14-17,20-23,25-26,28-29,31-32,34-35,37-38,42,44,62H,6-7,12-13,18-19,24,27,30,33,36,39-41,43,45-61H2,1-5H3/p+1/b10-8-,11-9-,16-14-,17-15-,22-20-,23-21-,26-25-,29-28-,32-31-,35-34-,38-37-,44-42-. The van der Waals surface area contributed by atoms with Gasteiger partial charge in [0.2, 0.25) is 0 Å². The van der Waals surface area contributed by atoms with Crippen molar-refractivity contribution in [3.05, 3.63) is 146 Å². The van der Waals surface area contributed by atoms with Crippen molar-refractivity contribution in [2.24, 2.45) is 0 Å². The molecule has 0 radical (unpaired) electrons. The van der Waals surface area contributed by atoms with E-state index in [4.69, 9.17) is 18.5 Å². The van der Waals surface area contributed by atoms with Gasteiger partial charge in [-0.15, -0.1) is 0 Å². The van der Waals surface area contributed by atoms with Gasteiger partial charge in [0.1, 0.15) is 19.8 Å². The third-order valence-corrected chi connectivity index (χ3v) is 12.3. The van der Waals surface area contributed by atoms with Gasteiger partial charge in [-0.25, -0.2) is 4.57 Å². The SMILES string of the molecule is CC/C=C\C/C=C\C/C=C\C/C=C\C/C=C\C/C=C\C/C=C\C/C=C\CCCCCCCCCCC(=O)OC(COC(=O)CCCCCC/C=C\C/C=C\C/C=C\C/C=C\CC)COP(=O)(O)OCC[N+](C)(C)C. The lowest BCUT2D eigenvalue weighted by molar-refractivity contribution is -0.870. The second-order valence-electron chi connectivity index (χ2n) is 19.6. The number of carbonyl (C=O) groups excluding carboxylic acids is 2. The fraction of sp³-hybridized carbons (Fsp3) is 0.594. The molecule has 9 nitrogen and oxygen atoms in total. The summed E-state index contributed by atoms with van der Waals surface area (Å²) in [5, 5.41) is 0. The van der Waals surface area contributed by atoms with Crippen LogP contribution in [0.2, 0.25) is 0 Å². The zero-order valence-corrected chi connectivity index (χ0v) is 48.2. The molecule has 0 aromatic carbocycles. The van der Waals surface area contributed by atoms with E-state index >= 15 is 0 Å². The average molecular weight is 1050 g/mol. The minimum absolute atomic E-state index is 0.0171. The Labute approximate surface area is 453 Å². The van der Waals surface area contributed by atoms with Crippen LogP contribution in [0.4, 0.5) is 0 Å². The number of unbranched alkanes of at least 4 members (excludes halogenated alkanes) is 12. The molecule has 0 heterocycles. The minimum atomic E-state index is -4.40. The first-order valence-electron chi connectivity index (χ1n) is 28.6. The van der Waals surface area contributed by atoms with Crippen LogP contribution in [0.1, 0.15) is 194 Å². The van der Waals surface area contributed by atoms with Gasteiger partial charge >= 0.3 is 19.8 Å². The monoisotopic (exact) mass is 1050 g/mol. The number of quaternary nitrogens is 1. The van der Waals surface area contributed by atoms with Crippen LogP contribution in [0, 0.1) is 0 Å². The van der Waals surface area contributed by atoms with Gasteiger partial charge in [-0.3, -0.25) is 18.6 Å². The molecule has 0 amide bonds. The fourth-order valence-corrected chi connectivity index (χ4v) is 7.76. The van der Waals surface area contributed by atoms with E-state index in [-0.39, 0.29) is 26.1 Å². The van der Waals surface area contributed by atoms with Crippen LogP contribution in [-0.2, 0) is 32.7 Å². The number of esters is 2. The summed E-state index contributed by atoms with van der Waals surface area (Å²) in [5.74, 6) is -0.848. The summed E-state index contributed by atoms with van der Waals surface area (Å²) in [5.41, 5.74) is 0. The smallest absolute Gasteiger partial charge is 0.462 e. The maximum atomic E-state index is 12.8. The summed E-state index contributed by atoms with van der Waals surface area (Å²) in [6, 6.07) is 0. The molecule has 0 saturated heterocycles. The van der Waals surface area contributed by atoms with Gasteiger partial charge in [0.15, 0.2) is 6.10 Å². The van der Waals surface area contributed by atoms with Crippen molar-refractivity contribution < 1.29 is 42.1 Å². The molecule has 418 valence electrons. The van der Waals surface area contributed by atoms with Crippen LogP contribution in [0.25, 0.3) is 0 Å². The van der Waals surface area contributed by atoms with Crippen molar-refractivity contribution in [2.75, 3.05) is 47.5 Å². The highest BCUT2D eigenvalue weighted by atomic mass is 31.2. The second-order valence-corrected chi connectivity index (χ2v) is 21.0. The van der Waals surface area contributed by atoms with Crippen LogP contribution in [0.3, 0.4) is 0 Å². The minimum Gasteiger partial charge on any atom is -0.462 e. The van der Waals surface area contributed by atoms with Crippen molar-refractivity contribution in [2.45, 2.75) is 200 Å². The summed E-state index contributed by atoms with van der Waals surface area (Å²) < 4.78 is 34.5. The molecule has 0 aliphatic heterocycles. The first-order valence-corrected chi connectivity index (χ1v) is 30.1.